The fourth-order valence-electron chi connectivity index (χ4n) is 9.03. The van der Waals surface area contributed by atoms with Gasteiger partial charge in [0, 0.05) is 33.5 Å². The van der Waals surface area contributed by atoms with Crippen LogP contribution in [0.15, 0.2) is 158 Å². The third-order valence-corrected chi connectivity index (χ3v) is 11.2. The Morgan fingerprint density at radius 3 is 1.67 bits per heavy atom. The lowest BCUT2D eigenvalue weighted by Crippen LogP contribution is -2.33. The van der Waals surface area contributed by atoms with Crippen LogP contribution in [0.25, 0.3) is 22.3 Å². The molecule has 0 atom stereocenters. The van der Waals surface area contributed by atoms with E-state index in [1.807, 2.05) is 0 Å². The van der Waals surface area contributed by atoms with Crippen molar-refractivity contribution in [2.75, 3.05) is 4.90 Å². The lowest BCUT2D eigenvalue weighted by atomic mass is 9.65. The third-order valence-electron chi connectivity index (χ3n) is 11.2. The van der Waals surface area contributed by atoms with Crippen LogP contribution in [0.1, 0.15) is 52.8 Å². The molecule has 0 bridgehead atoms. The maximum atomic E-state index is 6.67. The van der Waals surface area contributed by atoms with E-state index in [0.717, 1.165) is 28.6 Å². The Balaban J connectivity index is 1.31. The zero-order valence-corrected chi connectivity index (χ0v) is 27.9. The molecule has 1 spiro atoms. The van der Waals surface area contributed by atoms with Gasteiger partial charge in [-0.2, -0.15) is 0 Å². The highest BCUT2D eigenvalue weighted by Crippen LogP contribution is 2.64. The molecule has 10 rings (SSSR count). The lowest BCUT2D eigenvalue weighted by Gasteiger charge is -2.41. The molecule has 0 unspecified atom stereocenters. The SMILES string of the molecule is Cc1ccc(N(c2ccc3c(c2)C(C)(C)c2ccccc2-3)c2cccc3c2C2(c4ccccc4Oc4ccccc42)c2ccccc2-3)cc1. The molecule has 0 saturated heterocycles. The van der Waals surface area contributed by atoms with Gasteiger partial charge in [0.2, 0.25) is 0 Å². The van der Waals surface area contributed by atoms with Crippen molar-refractivity contribution in [1.29, 1.82) is 0 Å². The van der Waals surface area contributed by atoms with Gasteiger partial charge in [0.25, 0.3) is 0 Å². The number of para-hydroxylation sites is 2. The molecule has 1 heterocycles. The van der Waals surface area contributed by atoms with Crippen molar-refractivity contribution in [2.45, 2.75) is 31.6 Å². The molecule has 234 valence electrons. The van der Waals surface area contributed by atoms with Crippen molar-refractivity contribution in [2.24, 2.45) is 0 Å². The van der Waals surface area contributed by atoms with Gasteiger partial charge in [0.05, 0.1) is 11.1 Å². The summed E-state index contributed by atoms with van der Waals surface area (Å²) in [5.74, 6) is 1.80. The van der Waals surface area contributed by atoms with Gasteiger partial charge in [0.15, 0.2) is 0 Å². The third kappa shape index (κ3) is 3.72. The monoisotopic (exact) mass is 629 g/mol. The van der Waals surface area contributed by atoms with Crippen LogP contribution in [0.4, 0.5) is 17.1 Å². The Morgan fingerprint density at radius 1 is 0.449 bits per heavy atom. The highest BCUT2D eigenvalue weighted by molar-refractivity contribution is 5.96. The van der Waals surface area contributed by atoms with Gasteiger partial charge in [-0.3, -0.25) is 0 Å². The first kappa shape index (κ1) is 28.2. The summed E-state index contributed by atoms with van der Waals surface area (Å²) in [7, 11) is 0. The van der Waals surface area contributed by atoms with Crippen molar-refractivity contribution in [3.63, 3.8) is 0 Å². The Labute approximate surface area is 287 Å². The number of aryl methyl sites for hydroxylation is 1. The predicted molar refractivity (Wildman–Crippen MR) is 201 cm³/mol. The predicted octanol–water partition coefficient (Wildman–Crippen LogP) is 12.2. The van der Waals surface area contributed by atoms with Gasteiger partial charge in [0.1, 0.15) is 11.5 Å². The van der Waals surface area contributed by atoms with E-state index in [1.165, 1.54) is 61.2 Å². The summed E-state index contributed by atoms with van der Waals surface area (Å²) >= 11 is 0. The minimum absolute atomic E-state index is 0.116. The average molecular weight is 630 g/mol. The number of benzene rings is 7. The molecule has 3 aliphatic rings. The lowest BCUT2D eigenvalue weighted by molar-refractivity contribution is 0.436. The van der Waals surface area contributed by atoms with E-state index >= 15 is 0 Å². The molecule has 1 aliphatic heterocycles. The van der Waals surface area contributed by atoms with Crippen molar-refractivity contribution >= 4 is 17.1 Å². The zero-order valence-electron chi connectivity index (χ0n) is 27.9. The molecular formula is C47H35NO. The Hall–Kier alpha value is -5.86. The van der Waals surface area contributed by atoms with E-state index in [2.05, 4.69) is 183 Å². The molecule has 0 saturated carbocycles. The van der Waals surface area contributed by atoms with Crippen LogP contribution >= 0.6 is 0 Å². The molecule has 2 heteroatoms. The van der Waals surface area contributed by atoms with Crippen molar-refractivity contribution in [1.82, 2.24) is 0 Å². The number of hydrogen-bond acceptors (Lipinski definition) is 2. The number of anilines is 3. The van der Waals surface area contributed by atoms with Crippen LogP contribution in [0.2, 0.25) is 0 Å². The molecule has 7 aromatic rings. The molecule has 0 fully saturated rings. The van der Waals surface area contributed by atoms with E-state index < -0.39 is 5.41 Å². The van der Waals surface area contributed by atoms with Crippen LogP contribution in [-0.4, -0.2) is 0 Å². The standard InChI is InChI=1S/C47H35NO/c1-30-23-25-31(26-24-30)48(32-27-28-35-33-13-4-6-16-37(33)46(2,3)41(35)29-32)42-20-12-15-36-34-14-5-7-17-38(34)47(45(36)42)39-18-8-10-21-43(39)49-44-22-11-9-19-40(44)47/h4-29H,1-3H3. The summed E-state index contributed by atoms with van der Waals surface area (Å²) in [6.07, 6.45) is 0. The minimum Gasteiger partial charge on any atom is -0.457 e. The molecule has 49 heavy (non-hydrogen) atoms. The molecule has 0 amide bonds. The number of rotatable bonds is 3. The second kappa shape index (κ2) is 10.1. The van der Waals surface area contributed by atoms with Gasteiger partial charge in [-0.25, -0.2) is 0 Å². The Bertz CT molecular complexity index is 2420. The van der Waals surface area contributed by atoms with Gasteiger partial charge in [-0.1, -0.05) is 135 Å². The average Bonchev–Trinajstić information content (AvgIpc) is 3.56. The van der Waals surface area contributed by atoms with E-state index in [1.54, 1.807) is 0 Å². The number of fused-ring (bicyclic) bond motifs is 12. The summed E-state index contributed by atoms with van der Waals surface area (Å²) in [4.78, 5) is 2.49. The Morgan fingerprint density at radius 2 is 0.980 bits per heavy atom. The van der Waals surface area contributed by atoms with Gasteiger partial charge in [-0.05, 0) is 88.3 Å². The van der Waals surface area contributed by atoms with Crippen LogP contribution in [0.3, 0.4) is 0 Å². The first-order valence-corrected chi connectivity index (χ1v) is 17.2. The fourth-order valence-corrected chi connectivity index (χ4v) is 9.03. The maximum absolute atomic E-state index is 6.67. The number of ether oxygens (including phenoxy) is 1. The maximum Gasteiger partial charge on any atom is 0.132 e. The summed E-state index contributed by atoms with van der Waals surface area (Å²) in [6.45, 7) is 6.88. The van der Waals surface area contributed by atoms with Gasteiger partial charge < -0.3 is 9.64 Å². The summed E-state index contributed by atoms with van der Waals surface area (Å²) in [5.41, 5.74) is 16.8. The molecule has 2 aliphatic carbocycles. The molecule has 7 aromatic carbocycles. The van der Waals surface area contributed by atoms with Crippen molar-refractivity contribution in [3.05, 3.63) is 197 Å². The summed E-state index contributed by atoms with van der Waals surface area (Å²) < 4.78 is 6.67. The first-order chi connectivity index (χ1) is 24.0. The largest absolute Gasteiger partial charge is 0.457 e. The van der Waals surface area contributed by atoms with Crippen molar-refractivity contribution < 1.29 is 4.74 Å². The summed E-state index contributed by atoms with van der Waals surface area (Å²) in [5, 5.41) is 0. The van der Waals surface area contributed by atoms with Gasteiger partial charge >= 0.3 is 0 Å². The minimum atomic E-state index is -0.580. The van der Waals surface area contributed by atoms with Crippen LogP contribution < -0.4 is 9.64 Å². The molecule has 0 radical (unpaired) electrons. The summed E-state index contributed by atoms with van der Waals surface area (Å²) in [6, 6.07) is 58.0. The normalized spacial score (nSPS) is 14.9. The topological polar surface area (TPSA) is 12.5 Å². The molecular weight excluding hydrogens is 595 g/mol. The first-order valence-electron chi connectivity index (χ1n) is 17.2. The zero-order chi connectivity index (χ0) is 32.9. The van der Waals surface area contributed by atoms with E-state index in [9.17, 15) is 0 Å². The highest BCUT2D eigenvalue weighted by Gasteiger charge is 2.52. The van der Waals surface area contributed by atoms with Crippen LogP contribution in [0.5, 0.6) is 11.5 Å². The number of hydrogen-bond donors (Lipinski definition) is 0. The quantitative estimate of drug-likeness (QED) is 0.193. The smallest absolute Gasteiger partial charge is 0.132 e. The van der Waals surface area contributed by atoms with Crippen LogP contribution in [0, 0.1) is 6.92 Å². The van der Waals surface area contributed by atoms with Gasteiger partial charge in [-0.15, -0.1) is 0 Å². The molecule has 0 aromatic heterocycles. The Kier molecular flexibility index (Phi) is 5.79. The van der Waals surface area contributed by atoms with E-state index in [4.69, 9.17) is 4.74 Å². The van der Waals surface area contributed by atoms with Crippen LogP contribution in [-0.2, 0) is 10.8 Å². The van der Waals surface area contributed by atoms with Crippen molar-refractivity contribution in [3.8, 4) is 33.8 Å². The highest BCUT2D eigenvalue weighted by atomic mass is 16.5. The molecule has 2 nitrogen and oxygen atoms in total. The fraction of sp³-hybridized carbons (Fsp3) is 0.106. The molecule has 0 N–H and O–H groups in total. The van der Waals surface area contributed by atoms with E-state index in [0.29, 0.717) is 0 Å². The number of nitrogens with zero attached hydrogens (tertiary/aromatic N) is 1. The second-order valence-corrected chi connectivity index (χ2v) is 14.2. The van der Waals surface area contributed by atoms with E-state index in [-0.39, 0.29) is 5.41 Å². The second-order valence-electron chi connectivity index (χ2n) is 14.2.